The van der Waals surface area contributed by atoms with Crippen molar-refractivity contribution in [2.45, 2.75) is 45.7 Å². The minimum Gasteiger partial charge on any atom is -0.496 e. The van der Waals surface area contributed by atoms with E-state index in [1.165, 1.54) is 18.9 Å². The lowest BCUT2D eigenvalue weighted by molar-refractivity contribution is 0.340. The summed E-state index contributed by atoms with van der Waals surface area (Å²) in [4.78, 5) is 0. The van der Waals surface area contributed by atoms with Crippen LogP contribution in [0.3, 0.4) is 0 Å². The van der Waals surface area contributed by atoms with Gasteiger partial charge in [0.25, 0.3) is 0 Å². The Balaban J connectivity index is 2.12. The van der Waals surface area contributed by atoms with Gasteiger partial charge >= 0.3 is 0 Å². The molecule has 1 aromatic rings. The number of nitrogens with one attached hydrogen (secondary N) is 1. The zero-order valence-electron chi connectivity index (χ0n) is 11.6. The molecule has 2 rings (SSSR count). The van der Waals surface area contributed by atoms with Gasteiger partial charge in [0.05, 0.1) is 7.11 Å². The maximum Gasteiger partial charge on any atom is 0.123 e. The van der Waals surface area contributed by atoms with Gasteiger partial charge in [-0.05, 0) is 50.3 Å². The van der Waals surface area contributed by atoms with Crippen LogP contribution in [0.25, 0.3) is 0 Å². The van der Waals surface area contributed by atoms with Crippen molar-refractivity contribution < 1.29 is 9.13 Å². The van der Waals surface area contributed by atoms with Gasteiger partial charge < -0.3 is 10.1 Å². The first kappa shape index (κ1) is 13.3. The van der Waals surface area contributed by atoms with Crippen LogP contribution in [-0.4, -0.2) is 13.2 Å². The number of methoxy groups -OCH3 is 1. The molecule has 2 unspecified atom stereocenters. The van der Waals surface area contributed by atoms with Crippen molar-refractivity contribution in [2.24, 2.45) is 5.41 Å². The molecule has 2 atom stereocenters. The molecule has 0 spiro atoms. The highest BCUT2D eigenvalue weighted by Crippen LogP contribution is 2.48. The zero-order valence-corrected chi connectivity index (χ0v) is 11.6. The lowest BCUT2D eigenvalue weighted by Crippen LogP contribution is -2.35. The van der Waals surface area contributed by atoms with Crippen molar-refractivity contribution in [3.63, 3.8) is 0 Å². The molecule has 0 aromatic heterocycles. The van der Waals surface area contributed by atoms with E-state index >= 15 is 0 Å². The van der Waals surface area contributed by atoms with Crippen LogP contribution >= 0.6 is 0 Å². The minimum absolute atomic E-state index is 0.0862. The average Bonchev–Trinajstić information content (AvgIpc) is 3.08. The van der Waals surface area contributed by atoms with E-state index in [0.29, 0.717) is 11.5 Å². The van der Waals surface area contributed by atoms with Crippen LogP contribution < -0.4 is 10.1 Å². The van der Waals surface area contributed by atoms with E-state index in [9.17, 15) is 4.39 Å². The summed E-state index contributed by atoms with van der Waals surface area (Å²) >= 11 is 0. The largest absolute Gasteiger partial charge is 0.496 e. The van der Waals surface area contributed by atoms with E-state index in [-0.39, 0.29) is 11.9 Å². The Kier molecular flexibility index (Phi) is 3.62. The van der Waals surface area contributed by atoms with E-state index in [1.807, 2.05) is 0 Å². The first-order valence-electron chi connectivity index (χ1n) is 6.56. The molecular formula is C15H22FNO. The van der Waals surface area contributed by atoms with Crippen molar-refractivity contribution >= 4 is 0 Å². The first-order valence-corrected chi connectivity index (χ1v) is 6.56. The molecule has 0 amide bonds. The van der Waals surface area contributed by atoms with Gasteiger partial charge in [-0.25, -0.2) is 4.39 Å². The molecule has 0 radical (unpaired) electrons. The number of benzene rings is 1. The van der Waals surface area contributed by atoms with E-state index in [2.05, 4.69) is 26.1 Å². The number of hydrogen-bond donors (Lipinski definition) is 1. The minimum atomic E-state index is -0.218. The fraction of sp³-hybridized carbons (Fsp3) is 0.600. The summed E-state index contributed by atoms with van der Waals surface area (Å²) in [6.45, 7) is 6.55. The van der Waals surface area contributed by atoms with Crippen LogP contribution in [0.5, 0.6) is 5.75 Å². The topological polar surface area (TPSA) is 21.3 Å². The van der Waals surface area contributed by atoms with Crippen LogP contribution in [0, 0.1) is 11.2 Å². The molecule has 0 saturated heterocycles. The monoisotopic (exact) mass is 251 g/mol. The van der Waals surface area contributed by atoms with Crippen molar-refractivity contribution in [1.82, 2.24) is 5.32 Å². The van der Waals surface area contributed by atoms with Crippen LogP contribution in [-0.2, 0) is 0 Å². The van der Waals surface area contributed by atoms with Gasteiger partial charge in [0.2, 0.25) is 0 Å². The van der Waals surface area contributed by atoms with E-state index in [1.54, 1.807) is 19.2 Å². The molecule has 1 fully saturated rings. The Morgan fingerprint density at radius 2 is 2.00 bits per heavy atom. The fourth-order valence-electron chi connectivity index (χ4n) is 2.34. The zero-order chi connectivity index (χ0) is 13.3. The van der Waals surface area contributed by atoms with Gasteiger partial charge in [0.1, 0.15) is 11.6 Å². The molecule has 2 nitrogen and oxygen atoms in total. The molecule has 1 aromatic carbocycles. The summed E-state index contributed by atoms with van der Waals surface area (Å²) in [6, 6.07) is 5.19. The van der Waals surface area contributed by atoms with Gasteiger partial charge in [-0.3, -0.25) is 0 Å². The third-order valence-corrected chi connectivity index (χ3v) is 4.24. The van der Waals surface area contributed by atoms with E-state index in [0.717, 1.165) is 11.3 Å². The van der Waals surface area contributed by atoms with Gasteiger partial charge in [-0.1, -0.05) is 6.92 Å². The normalized spacial score (nSPS) is 20.3. The van der Waals surface area contributed by atoms with Gasteiger partial charge in [-0.2, -0.15) is 0 Å². The average molecular weight is 251 g/mol. The van der Waals surface area contributed by atoms with Crippen molar-refractivity contribution in [3.05, 3.63) is 29.6 Å². The van der Waals surface area contributed by atoms with Crippen LogP contribution in [0.4, 0.5) is 4.39 Å². The molecule has 100 valence electrons. The summed E-state index contributed by atoms with van der Waals surface area (Å²) in [5, 5.41) is 3.55. The lowest BCUT2D eigenvalue weighted by Gasteiger charge is -2.26. The second-order valence-corrected chi connectivity index (χ2v) is 5.65. The smallest absolute Gasteiger partial charge is 0.123 e. The SMILES string of the molecule is COc1ccc(F)cc1C(C)NC(C)C1(C)CC1. The quantitative estimate of drug-likeness (QED) is 0.862. The Morgan fingerprint density at radius 3 is 2.56 bits per heavy atom. The molecule has 0 aliphatic heterocycles. The van der Waals surface area contributed by atoms with Crippen LogP contribution in [0.2, 0.25) is 0 Å². The van der Waals surface area contributed by atoms with Gasteiger partial charge in [0, 0.05) is 17.6 Å². The first-order chi connectivity index (χ1) is 8.46. The number of halogens is 1. The predicted molar refractivity (Wildman–Crippen MR) is 71.3 cm³/mol. The molecule has 1 N–H and O–H groups in total. The highest BCUT2D eigenvalue weighted by molar-refractivity contribution is 5.36. The Morgan fingerprint density at radius 1 is 1.33 bits per heavy atom. The molecule has 0 heterocycles. The second kappa shape index (κ2) is 4.88. The third kappa shape index (κ3) is 2.66. The highest BCUT2D eigenvalue weighted by atomic mass is 19.1. The molecule has 1 saturated carbocycles. The Hall–Kier alpha value is -1.09. The standard InChI is InChI=1S/C15H22FNO/c1-10(17-11(2)15(3)7-8-15)13-9-12(16)5-6-14(13)18-4/h5-6,9-11,17H,7-8H2,1-4H3. The summed E-state index contributed by atoms with van der Waals surface area (Å²) < 4.78 is 18.6. The summed E-state index contributed by atoms with van der Waals surface area (Å²) in [7, 11) is 1.62. The Labute approximate surface area is 109 Å². The number of ether oxygens (including phenoxy) is 1. The molecule has 18 heavy (non-hydrogen) atoms. The highest BCUT2D eigenvalue weighted by Gasteiger charge is 2.42. The predicted octanol–water partition coefficient (Wildman–Crippen LogP) is 3.67. The van der Waals surface area contributed by atoms with E-state index in [4.69, 9.17) is 4.74 Å². The van der Waals surface area contributed by atoms with Crippen LogP contribution in [0.1, 0.15) is 45.2 Å². The van der Waals surface area contributed by atoms with Crippen LogP contribution in [0.15, 0.2) is 18.2 Å². The van der Waals surface area contributed by atoms with Crippen molar-refractivity contribution in [1.29, 1.82) is 0 Å². The van der Waals surface area contributed by atoms with E-state index < -0.39 is 0 Å². The van der Waals surface area contributed by atoms with Gasteiger partial charge in [0.15, 0.2) is 0 Å². The third-order valence-electron chi connectivity index (χ3n) is 4.24. The molecule has 0 bridgehead atoms. The Bertz CT molecular complexity index is 429. The van der Waals surface area contributed by atoms with Crippen molar-refractivity contribution in [2.75, 3.05) is 7.11 Å². The summed E-state index contributed by atoms with van der Waals surface area (Å²) in [5.74, 6) is 0.522. The lowest BCUT2D eigenvalue weighted by atomic mass is 9.98. The summed E-state index contributed by atoms with van der Waals surface area (Å²) in [5.41, 5.74) is 1.29. The maximum atomic E-state index is 13.3. The molecule has 1 aliphatic carbocycles. The second-order valence-electron chi connectivity index (χ2n) is 5.65. The number of rotatable bonds is 5. The molecular weight excluding hydrogens is 229 g/mol. The van der Waals surface area contributed by atoms with Gasteiger partial charge in [-0.15, -0.1) is 0 Å². The molecule has 3 heteroatoms. The number of hydrogen-bond acceptors (Lipinski definition) is 2. The summed E-state index contributed by atoms with van der Waals surface area (Å²) in [6.07, 6.45) is 2.54. The fourth-order valence-corrected chi connectivity index (χ4v) is 2.34. The maximum absolute atomic E-state index is 13.3. The molecule has 1 aliphatic rings. The van der Waals surface area contributed by atoms with Crippen molar-refractivity contribution in [3.8, 4) is 5.75 Å².